The zero-order valence-electron chi connectivity index (χ0n) is 18.5. The first-order valence-corrected chi connectivity index (χ1v) is 12.2. The number of H-pyrrole nitrogens is 1. The van der Waals surface area contributed by atoms with Crippen molar-refractivity contribution in [3.05, 3.63) is 64.1 Å². The molecule has 3 rings (SSSR count). The Morgan fingerprint density at radius 2 is 1.79 bits per heavy atom. The highest BCUT2D eigenvalue weighted by molar-refractivity contribution is 7.99. The number of aryl methyl sites for hydroxylation is 2. The summed E-state index contributed by atoms with van der Waals surface area (Å²) in [6.07, 6.45) is 0.981. The number of carbonyl (C=O) groups is 1. The molecule has 9 nitrogen and oxygen atoms in total. The molecular formula is C22H23N3O6S2. The van der Waals surface area contributed by atoms with E-state index in [0.717, 1.165) is 29.1 Å². The molecule has 174 valence electrons. The minimum absolute atomic E-state index is 0.0162. The van der Waals surface area contributed by atoms with Crippen molar-refractivity contribution in [3.63, 3.8) is 0 Å². The molecule has 0 aliphatic rings. The molecule has 1 heterocycles. The highest BCUT2D eigenvalue weighted by atomic mass is 32.2. The SMILES string of the molecule is COc1ccc(S(=O)(=O)c2cnc(SCC(=O)Nc3ccc(C)c(C)c3)[nH]c2=O)cc1OC. The van der Waals surface area contributed by atoms with Crippen molar-refractivity contribution in [2.75, 3.05) is 25.3 Å². The van der Waals surface area contributed by atoms with Gasteiger partial charge in [-0.2, -0.15) is 0 Å². The predicted molar refractivity (Wildman–Crippen MR) is 125 cm³/mol. The summed E-state index contributed by atoms with van der Waals surface area (Å²) >= 11 is 0.985. The second kappa shape index (κ2) is 10.1. The third-order valence-electron chi connectivity index (χ3n) is 4.83. The maximum atomic E-state index is 12.9. The van der Waals surface area contributed by atoms with Crippen LogP contribution in [0, 0.1) is 13.8 Å². The van der Waals surface area contributed by atoms with E-state index in [2.05, 4.69) is 15.3 Å². The van der Waals surface area contributed by atoms with Crippen molar-refractivity contribution in [2.45, 2.75) is 28.8 Å². The lowest BCUT2D eigenvalue weighted by atomic mass is 10.1. The fourth-order valence-electron chi connectivity index (χ4n) is 2.89. The van der Waals surface area contributed by atoms with E-state index in [1.165, 1.54) is 32.4 Å². The third-order valence-corrected chi connectivity index (χ3v) is 7.46. The van der Waals surface area contributed by atoms with E-state index < -0.39 is 20.3 Å². The fourth-order valence-corrected chi connectivity index (χ4v) is 4.77. The van der Waals surface area contributed by atoms with E-state index in [0.29, 0.717) is 11.4 Å². The number of carbonyl (C=O) groups excluding carboxylic acids is 1. The van der Waals surface area contributed by atoms with Gasteiger partial charge in [-0.3, -0.25) is 9.59 Å². The lowest BCUT2D eigenvalue weighted by Gasteiger charge is -2.10. The lowest BCUT2D eigenvalue weighted by Crippen LogP contribution is -2.20. The van der Waals surface area contributed by atoms with Gasteiger partial charge in [0.05, 0.1) is 31.1 Å². The van der Waals surface area contributed by atoms with E-state index in [-0.39, 0.29) is 27.5 Å². The van der Waals surface area contributed by atoms with Crippen LogP contribution >= 0.6 is 11.8 Å². The van der Waals surface area contributed by atoms with Crippen molar-refractivity contribution in [1.82, 2.24) is 9.97 Å². The van der Waals surface area contributed by atoms with Gasteiger partial charge in [-0.15, -0.1) is 0 Å². The summed E-state index contributed by atoms with van der Waals surface area (Å²) in [5, 5.41) is 2.90. The first kappa shape index (κ1) is 24.3. The van der Waals surface area contributed by atoms with Gasteiger partial charge in [0.2, 0.25) is 15.7 Å². The summed E-state index contributed by atoms with van der Waals surface area (Å²) in [6, 6.07) is 9.61. The molecule has 33 heavy (non-hydrogen) atoms. The highest BCUT2D eigenvalue weighted by Crippen LogP contribution is 2.31. The summed E-state index contributed by atoms with van der Waals surface area (Å²) < 4.78 is 36.1. The van der Waals surface area contributed by atoms with E-state index in [9.17, 15) is 18.0 Å². The number of nitrogens with one attached hydrogen (secondary N) is 2. The smallest absolute Gasteiger partial charge is 0.270 e. The van der Waals surface area contributed by atoms with Crippen LogP contribution in [0.2, 0.25) is 0 Å². The Bertz CT molecular complexity index is 1350. The maximum Gasteiger partial charge on any atom is 0.270 e. The topological polar surface area (TPSA) is 127 Å². The molecule has 0 atom stereocenters. The van der Waals surface area contributed by atoms with Gasteiger partial charge in [0.25, 0.3) is 5.56 Å². The van der Waals surface area contributed by atoms with Gasteiger partial charge < -0.3 is 19.8 Å². The van der Waals surface area contributed by atoms with Gasteiger partial charge in [-0.1, -0.05) is 17.8 Å². The summed E-state index contributed by atoms with van der Waals surface area (Å²) in [7, 11) is -1.34. The molecule has 0 saturated carbocycles. The number of sulfone groups is 1. The summed E-state index contributed by atoms with van der Waals surface area (Å²) in [5.74, 6) is 0.268. The molecule has 3 aromatic rings. The number of ether oxygens (including phenoxy) is 2. The normalized spacial score (nSPS) is 11.2. The molecule has 0 aliphatic heterocycles. The largest absolute Gasteiger partial charge is 0.493 e. The van der Waals surface area contributed by atoms with E-state index >= 15 is 0 Å². The Morgan fingerprint density at radius 3 is 2.42 bits per heavy atom. The monoisotopic (exact) mass is 489 g/mol. The summed E-state index contributed by atoms with van der Waals surface area (Å²) in [4.78, 5) is 30.5. The Labute approximate surface area is 195 Å². The first-order chi connectivity index (χ1) is 15.6. The van der Waals surface area contributed by atoms with Crippen molar-refractivity contribution < 1.29 is 22.7 Å². The van der Waals surface area contributed by atoms with Crippen LogP contribution in [-0.4, -0.2) is 44.3 Å². The number of benzene rings is 2. The fraction of sp³-hybridized carbons (Fsp3) is 0.227. The molecule has 2 aromatic carbocycles. The number of methoxy groups -OCH3 is 2. The van der Waals surface area contributed by atoms with Crippen LogP contribution in [-0.2, 0) is 14.6 Å². The van der Waals surface area contributed by atoms with E-state index in [1.54, 1.807) is 6.07 Å². The van der Waals surface area contributed by atoms with Gasteiger partial charge in [-0.25, -0.2) is 13.4 Å². The number of amides is 1. The second-order valence-corrected chi connectivity index (χ2v) is 9.92. The Morgan fingerprint density at radius 1 is 1.06 bits per heavy atom. The molecule has 0 unspecified atom stereocenters. The summed E-state index contributed by atoms with van der Waals surface area (Å²) in [6.45, 7) is 3.93. The van der Waals surface area contributed by atoms with Crippen LogP contribution in [0.5, 0.6) is 11.5 Å². The minimum Gasteiger partial charge on any atom is -0.493 e. The molecule has 0 bridgehead atoms. The van der Waals surface area contributed by atoms with Gasteiger partial charge in [0.1, 0.15) is 0 Å². The predicted octanol–water partition coefficient (Wildman–Crippen LogP) is 2.97. The van der Waals surface area contributed by atoms with Crippen molar-refractivity contribution >= 4 is 33.2 Å². The van der Waals surface area contributed by atoms with Gasteiger partial charge in [-0.05, 0) is 49.2 Å². The van der Waals surface area contributed by atoms with Crippen LogP contribution in [0.25, 0.3) is 0 Å². The summed E-state index contributed by atoms with van der Waals surface area (Å²) in [5.41, 5.74) is 2.00. The Hall–Kier alpha value is -3.31. The van der Waals surface area contributed by atoms with E-state index in [4.69, 9.17) is 9.47 Å². The highest BCUT2D eigenvalue weighted by Gasteiger charge is 2.24. The number of aromatic amines is 1. The van der Waals surface area contributed by atoms with Crippen molar-refractivity contribution in [1.29, 1.82) is 0 Å². The quantitative estimate of drug-likeness (QED) is 0.365. The molecule has 0 aliphatic carbocycles. The number of aromatic nitrogens is 2. The molecular weight excluding hydrogens is 466 g/mol. The van der Waals surface area contributed by atoms with Crippen molar-refractivity contribution in [2.24, 2.45) is 0 Å². The average Bonchev–Trinajstić information content (AvgIpc) is 2.79. The van der Waals surface area contributed by atoms with Crippen LogP contribution in [0.15, 0.2) is 62.3 Å². The molecule has 2 N–H and O–H groups in total. The molecule has 0 saturated heterocycles. The second-order valence-electron chi connectivity index (χ2n) is 7.04. The third kappa shape index (κ3) is 5.55. The zero-order valence-corrected chi connectivity index (χ0v) is 20.1. The number of hydrogen-bond acceptors (Lipinski definition) is 8. The van der Waals surface area contributed by atoms with Crippen molar-refractivity contribution in [3.8, 4) is 11.5 Å². The maximum absolute atomic E-state index is 12.9. The molecule has 0 radical (unpaired) electrons. The number of anilines is 1. The number of rotatable bonds is 8. The van der Waals surface area contributed by atoms with Gasteiger partial charge >= 0.3 is 0 Å². The molecule has 0 spiro atoms. The van der Waals surface area contributed by atoms with Gasteiger partial charge in [0, 0.05) is 11.8 Å². The minimum atomic E-state index is -4.15. The van der Waals surface area contributed by atoms with E-state index in [1.807, 2.05) is 26.0 Å². The Kier molecular flexibility index (Phi) is 7.44. The molecule has 1 amide bonds. The molecule has 1 aromatic heterocycles. The zero-order chi connectivity index (χ0) is 24.2. The van der Waals surface area contributed by atoms with Crippen LogP contribution in [0.1, 0.15) is 11.1 Å². The van der Waals surface area contributed by atoms with Crippen LogP contribution in [0.4, 0.5) is 5.69 Å². The molecule has 0 fully saturated rings. The standard InChI is InChI=1S/C22H23N3O6S2/c1-13-5-6-15(9-14(13)2)24-20(26)12-32-22-23-11-19(21(27)25-22)33(28,29)16-7-8-17(30-3)18(10-16)31-4/h5-11H,12H2,1-4H3,(H,24,26)(H,23,25,27). The average molecular weight is 490 g/mol. The number of thioether (sulfide) groups is 1. The Balaban J connectivity index is 1.73. The molecule has 11 heteroatoms. The first-order valence-electron chi connectivity index (χ1n) is 9.72. The number of hydrogen-bond donors (Lipinski definition) is 2. The van der Waals surface area contributed by atoms with Crippen LogP contribution in [0.3, 0.4) is 0 Å². The van der Waals surface area contributed by atoms with Crippen LogP contribution < -0.4 is 20.3 Å². The number of nitrogens with zero attached hydrogens (tertiary/aromatic N) is 1. The lowest BCUT2D eigenvalue weighted by molar-refractivity contribution is -0.113. The van der Waals surface area contributed by atoms with Gasteiger partial charge in [0.15, 0.2) is 21.6 Å².